The minimum absolute atomic E-state index is 0.0269. The van der Waals surface area contributed by atoms with Crippen LogP contribution in [0.3, 0.4) is 0 Å². The summed E-state index contributed by atoms with van der Waals surface area (Å²) in [6, 6.07) is 11.2. The fourth-order valence-electron chi connectivity index (χ4n) is 2.36. The minimum Gasteiger partial charge on any atom is -0.332 e. The summed E-state index contributed by atoms with van der Waals surface area (Å²) < 4.78 is 24.3. The third kappa shape index (κ3) is 5.43. The molecule has 1 heterocycles. The lowest BCUT2D eigenvalue weighted by Gasteiger charge is -2.09. The van der Waals surface area contributed by atoms with E-state index < -0.39 is 10.0 Å². The van der Waals surface area contributed by atoms with Crippen LogP contribution in [-0.2, 0) is 16.6 Å². The molecule has 28 heavy (non-hydrogen) atoms. The maximum atomic E-state index is 11.3. The Morgan fingerprint density at radius 3 is 2.43 bits per heavy atom. The highest BCUT2D eigenvalue weighted by Crippen LogP contribution is 2.22. The van der Waals surface area contributed by atoms with Crippen LogP contribution >= 0.6 is 35.4 Å². The van der Waals surface area contributed by atoms with Gasteiger partial charge in [0.1, 0.15) is 0 Å². The lowest BCUT2D eigenvalue weighted by Crippen LogP contribution is -2.19. The molecular formula is C17H15Cl2N5O2S2. The topological polar surface area (TPSA) is 102 Å². The van der Waals surface area contributed by atoms with Gasteiger partial charge in [0.15, 0.2) is 5.11 Å². The van der Waals surface area contributed by atoms with E-state index in [0.29, 0.717) is 33.1 Å². The molecule has 0 radical (unpaired) electrons. The van der Waals surface area contributed by atoms with E-state index in [4.69, 9.17) is 40.6 Å². The fourth-order valence-corrected chi connectivity index (χ4v) is 3.58. The number of sulfonamides is 1. The molecular weight excluding hydrogens is 441 g/mol. The molecule has 0 bridgehead atoms. The largest absolute Gasteiger partial charge is 0.332 e. The Balaban J connectivity index is 1.60. The standard InChI is InChI=1S/C17H15Cl2N5O2S2/c18-12-2-1-11(16(19)7-12)9-24-10-14(8-21-24)23-17(27)22-13-3-5-15(6-4-13)28(20,25)26/h1-8,10H,9H2,(H2,20,25,26)(H2,22,23,27). The lowest BCUT2D eigenvalue weighted by molar-refractivity contribution is 0.598. The van der Waals surface area contributed by atoms with Crippen molar-refractivity contribution in [1.29, 1.82) is 0 Å². The average molecular weight is 456 g/mol. The van der Waals surface area contributed by atoms with Gasteiger partial charge in [-0.1, -0.05) is 29.3 Å². The molecule has 0 saturated carbocycles. The second-order valence-electron chi connectivity index (χ2n) is 5.81. The van der Waals surface area contributed by atoms with Crippen molar-refractivity contribution in [3.63, 3.8) is 0 Å². The fraction of sp³-hybridized carbons (Fsp3) is 0.0588. The molecule has 4 N–H and O–H groups in total. The van der Waals surface area contributed by atoms with Gasteiger partial charge in [-0.25, -0.2) is 13.6 Å². The molecule has 0 aliphatic heterocycles. The normalized spacial score (nSPS) is 11.2. The van der Waals surface area contributed by atoms with Crippen LogP contribution in [0.4, 0.5) is 11.4 Å². The zero-order valence-corrected chi connectivity index (χ0v) is 17.4. The lowest BCUT2D eigenvalue weighted by atomic mass is 10.2. The monoisotopic (exact) mass is 455 g/mol. The van der Waals surface area contributed by atoms with Crippen LogP contribution in [0.25, 0.3) is 0 Å². The van der Waals surface area contributed by atoms with Crippen LogP contribution in [-0.4, -0.2) is 23.3 Å². The molecule has 0 unspecified atom stereocenters. The number of anilines is 2. The van der Waals surface area contributed by atoms with E-state index in [1.807, 2.05) is 6.07 Å². The van der Waals surface area contributed by atoms with Gasteiger partial charge in [0.25, 0.3) is 0 Å². The Bertz CT molecular complexity index is 1110. The van der Waals surface area contributed by atoms with Gasteiger partial charge in [-0.05, 0) is 54.2 Å². The van der Waals surface area contributed by atoms with Crippen molar-refractivity contribution in [2.45, 2.75) is 11.4 Å². The highest BCUT2D eigenvalue weighted by Gasteiger charge is 2.08. The molecule has 7 nitrogen and oxygen atoms in total. The summed E-state index contributed by atoms with van der Waals surface area (Å²) in [7, 11) is -3.73. The molecule has 146 valence electrons. The number of thiocarbonyl (C=S) groups is 1. The predicted octanol–water partition coefficient (Wildman–Crippen LogP) is 3.69. The Morgan fingerprint density at radius 2 is 1.79 bits per heavy atom. The number of nitrogens with one attached hydrogen (secondary N) is 2. The van der Waals surface area contributed by atoms with E-state index in [-0.39, 0.29) is 4.90 Å². The summed E-state index contributed by atoms with van der Waals surface area (Å²) in [4.78, 5) is 0.0269. The van der Waals surface area contributed by atoms with Crippen molar-refractivity contribution in [1.82, 2.24) is 9.78 Å². The van der Waals surface area contributed by atoms with Crippen LogP contribution in [0.15, 0.2) is 59.8 Å². The number of halogens is 2. The zero-order valence-electron chi connectivity index (χ0n) is 14.3. The second kappa shape index (κ2) is 8.46. The third-order valence-corrected chi connectivity index (χ3v) is 5.40. The molecule has 0 aliphatic carbocycles. The van der Waals surface area contributed by atoms with Crippen LogP contribution in [0, 0.1) is 0 Å². The van der Waals surface area contributed by atoms with Crippen molar-refractivity contribution in [2.75, 3.05) is 10.6 Å². The second-order valence-corrected chi connectivity index (χ2v) is 8.62. The van der Waals surface area contributed by atoms with Gasteiger partial charge >= 0.3 is 0 Å². The molecule has 3 aromatic rings. The summed E-state index contributed by atoms with van der Waals surface area (Å²) in [6.07, 6.45) is 3.41. The van der Waals surface area contributed by atoms with Gasteiger partial charge < -0.3 is 10.6 Å². The number of rotatable bonds is 5. The van der Waals surface area contributed by atoms with Gasteiger partial charge in [0, 0.05) is 21.9 Å². The van der Waals surface area contributed by atoms with E-state index in [2.05, 4.69) is 15.7 Å². The van der Waals surface area contributed by atoms with Crippen molar-refractivity contribution >= 4 is 61.9 Å². The van der Waals surface area contributed by atoms with E-state index in [1.165, 1.54) is 12.1 Å². The SMILES string of the molecule is NS(=O)(=O)c1ccc(NC(=S)Nc2cnn(Cc3ccc(Cl)cc3Cl)c2)cc1. The van der Waals surface area contributed by atoms with Crippen molar-refractivity contribution in [3.05, 3.63) is 70.5 Å². The molecule has 2 aromatic carbocycles. The van der Waals surface area contributed by atoms with Gasteiger partial charge in [0.05, 0.1) is 23.3 Å². The van der Waals surface area contributed by atoms with Crippen LogP contribution in [0.5, 0.6) is 0 Å². The van der Waals surface area contributed by atoms with Gasteiger partial charge in [-0.15, -0.1) is 0 Å². The molecule has 0 saturated heterocycles. The summed E-state index contributed by atoms with van der Waals surface area (Å²) in [5, 5.41) is 16.8. The molecule has 0 amide bonds. The molecule has 1 aromatic heterocycles. The zero-order chi connectivity index (χ0) is 20.3. The summed E-state index contributed by atoms with van der Waals surface area (Å²) in [5.41, 5.74) is 2.19. The van der Waals surface area contributed by atoms with Crippen molar-refractivity contribution < 1.29 is 8.42 Å². The van der Waals surface area contributed by atoms with Crippen LogP contribution in [0.2, 0.25) is 10.0 Å². The third-order valence-electron chi connectivity index (χ3n) is 3.68. The van der Waals surface area contributed by atoms with Gasteiger partial charge in [0.2, 0.25) is 10.0 Å². The quantitative estimate of drug-likeness (QED) is 0.506. The van der Waals surface area contributed by atoms with E-state index >= 15 is 0 Å². The molecule has 3 rings (SSSR count). The molecule has 0 aliphatic rings. The summed E-state index contributed by atoms with van der Waals surface area (Å²) in [5.74, 6) is 0. The smallest absolute Gasteiger partial charge is 0.238 e. The molecule has 0 fully saturated rings. The van der Waals surface area contributed by atoms with Crippen LogP contribution in [0.1, 0.15) is 5.56 Å². The first-order valence-corrected chi connectivity index (χ1v) is 10.6. The first-order valence-electron chi connectivity index (χ1n) is 7.88. The molecule has 0 spiro atoms. The van der Waals surface area contributed by atoms with Crippen molar-refractivity contribution in [3.8, 4) is 0 Å². The first-order chi connectivity index (χ1) is 13.2. The first kappa shape index (κ1) is 20.6. The Labute approximate surface area is 177 Å². The summed E-state index contributed by atoms with van der Waals surface area (Å²) >= 11 is 17.3. The van der Waals surface area contributed by atoms with E-state index in [9.17, 15) is 8.42 Å². The Morgan fingerprint density at radius 1 is 1.11 bits per heavy atom. The van der Waals surface area contributed by atoms with Crippen molar-refractivity contribution in [2.24, 2.45) is 5.14 Å². The average Bonchev–Trinajstić information content (AvgIpc) is 3.04. The summed E-state index contributed by atoms with van der Waals surface area (Å²) in [6.45, 7) is 0.479. The van der Waals surface area contributed by atoms with Gasteiger partial charge in [-0.2, -0.15) is 5.10 Å². The number of primary sulfonamides is 1. The Hall–Kier alpha value is -2.17. The number of nitrogens with zero attached hydrogens (tertiary/aromatic N) is 2. The van der Waals surface area contributed by atoms with E-state index in [0.717, 1.165) is 5.56 Å². The van der Waals surface area contributed by atoms with E-state index in [1.54, 1.807) is 41.3 Å². The molecule has 11 heteroatoms. The number of hydrogen-bond donors (Lipinski definition) is 3. The van der Waals surface area contributed by atoms with Gasteiger partial charge in [-0.3, -0.25) is 4.68 Å². The maximum Gasteiger partial charge on any atom is 0.238 e. The Kier molecular flexibility index (Phi) is 6.21. The maximum absolute atomic E-state index is 11.3. The predicted molar refractivity (Wildman–Crippen MR) is 115 cm³/mol. The highest BCUT2D eigenvalue weighted by atomic mass is 35.5. The number of nitrogens with two attached hydrogens (primary N) is 1. The minimum atomic E-state index is -3.73. The van der Waals surface area contributed by atoms with Crippen LogP contribution < -0.4 is 15.8 Å². The highest BCUT2D eigenvalue weighted by molar-refractivity contribution is 7.89. The number of hydrogen-bond acceptors (Lipinski definition) is 4. The number of aromatic nitrogens is 2. The molecule has 0 atom stereocenters. The number of benzene rings is 2.